The molecule has 2 rings (SSSR count). The van der Waals surface area contributed by atoms with Gasteiger partial charge in [0.15, 0.2) is 5.78 Å². The first-order valence-electron chi connectivity index (χ1n) is 7.43. The highest BCUT2D eigenvalue weighted by atomic mass is 16.5. The second-order valence-electron chi connectivity index (χ2n) is 5.80. The van der Waals surface area contributed by atoms with Crippen molar-refractivity contribution in [2.24, 2.45) is 5.92 Å². The third-order valence-electron chi connectivity index (χ3n) is 4.18. The van der Waals surface area contributed by atoms with Crippen LogP contribution in [-0.2, 0) is 16.0 Å². The van der Waals surface area contributed by atoms with Crippen LogP contribution in [0.2, 0.25) is 0 Å². The molecule has 0 saturated heterocycles. The lowest BCUT2D eigenvalue weighted by Crippen LogP contribution is -2.46. The van der Waals surface area contributed by atoms with Crippen molar-refractivity contribution >= 4 is 11.5 Å². The Morgan fingerprint density at radius 2 is 2.40 bits per heavy atom. The van der Waals surface area contributed by atoms with Crippen LogP contribution in [0, 0.1) is 5.92 Å². The summed E-state index contributed by atoms with van der Waals surface area (Å²) in [5.41, 5.74) is 6.72. The number of rotatable bonds is 5. The molecule has 1 aliphatic carbocycles. The van der Waals surface area contributed by atoms with E-state index in [-0.39, 0.29) is 5.78 Å². The van der Waals surface area contributed by atoms with E-state index in [0.29, 0.717) is 24.6 Å². The van der Waals surface area contributed by atoms with E-state index >= 15 is 0 Å². The van der Waals surface area contributed by atoms with Crippen molar-refractivity contribution in [1.82, 2.24) is 4.98 Å². The number of carbonyl (C=O) groups excluding carboxylic acids is 1. The molecular formula is C16H24N2O2. The van der Waals surface area contributed by atoms with Crippen molar-refractivity contribution in [2.75, 3.05) is 12.3 Å². The minimum absolute atomic E-state index is 0.144. The maximum atomic E-state index is 12.8. The number of ether oxygens (including phenoxy) is 1. The van der Waals surface area contributed by atoms with Crippen molar-refractivity contribution in [3.05, 3.63) is 24.0 Å². The van der Waals surface area contributed by atoms with Crippen LogP contribution in [0.25, 0.3) is 0 Å². The lowest BCUT2D eigenvalue weighted by molar-refractivity contribution is -0.150. The van der Waals surface area contributed by atoms with Crippen LogP contribution in [0.5, 0.6) is 0 Å². The van der Waals surface area contributed by atoms with Crippen molar-refractivity contribution in [1.29, 1.82) is 0 Å². The Bertz CT molecular complexity index is 471. The monoisotopic (exact) mass is 276 g/mol. The van der Waals surface area contributed by atoms with Crippen LogP contribution in [0.4, 0.5) is 5.69 Å². The van der Waals surface area contributed by atoms with Gasteiger partial charge in [-0.15, -0.1) is 0 Å². The first kappa shape index (κ1) is 15.0. The number of nitrogens with two attached hydrogens (primary N) is 1. The number of nitrogen functional groups attached to an aromatic ring is 1. The lowest BCUT2D eigenvalue weighted by atomic mass is 9.75. The molecule has 1 fully saturated rings. The molecule has 0 bridgehead atoms. The average Bonchev–Trinajstić information content (AvgIpc) is 2.41. The van der Waals surface area contributed by atoms with Crippen molar-refractivity contribution in [3.8, 4) is 0 Å². The molecule has 0 aromatic carbocycles. The van der Waals surface area contributed by atoms with Gasteiger partial charge in [0.25, 0.3) is 0 Å². The molecule has 1 aliphatic rings. The van der Waals surface area contributed by atoms with E-state index in [9.17, 15) is 4.79 Å². The van der Waals surface area contributed by atoms with Crippen LogP contribution in [0.3, 0.4) is 0 Å². The van der Waals surface area contributed by atoms with E-state index in [1.54, 1.807) is 18.5 Å². The van der Waals surface area contributed by atoms with Gasteiger partial charge in [0.1, 0.15) is 5.60 Å². The standard InChI is InChI=1S/C16H24N2O2/c1-3-20-16(7-4-5-12(2)10-16)15(19)9-13-11-18-8-6-14(13)17/h6,8,11-12H,3-5,7,9-10H2,1-2H3,(H2,17,18). The van der Waals surface area contributed by atoms with E-state index in [1.165, 1.54) is 6.42 Å². The Kier molecular flexibility index (Phi) is 4.76. The number of nitrogens with zero attached hydrogens (tertiary/aromatic N) is 1. The number of pyridine rings is 1. The largest absolute Gasteiger partial charge is 0.398 e. The lowest BCUT2D eigenvalue weighted by Gasteiger charge is -2.38. The molecule has 110 valence electrons. The van der Waals surface area contributed by atoms with Crippen LogP contribution >= 0.6 is 0 Å². The van der Waals surface area contributed by atoms with Gasteiger partial charge in [0.2, 0.25) is 0 Å². The van der Waals surface area contributed by atoms with Crippen LogP contribution in [0.15, 0.2) is 18.5 Å². The molecule has 0 radical (unpaired) electrons. The molecule has 2 unspecified atom stereocenters. The third kappa shape index (κ3) is 3.18. The summed E-state index contributed by atoms with van der Waals surface area (Å²) in [6.07, 6.45) is 7.51. The van der Waals surface area contributed by atoms with E-state index < -0.39 is 5.60 Å². The molecule has 2 atom stereocenters. The van der Waals surface area contributed by atoms with Gasteiger partial charge >= 0.3 is 0 Å². The predicted molar refractivity (Wildman–Crippen MR) is 79.3 cm³/mol. The molecule has 0 amide bonds. The topological polar surface area (TPSA) is 65.2 Å². The van der Waals surface area contributed by atoms with Gasteiger partial charge in [0, 0.05) is 36.7 Å². The summed E-state index contributed by atoms with van der Waals surface area (Å²) in [6, 6.07) is 1.74. The highest BCUT2D eigenvalue weighted by molar-refractivity contribution is 5.90. The van der Waals surface area contributed by atoms with E-state index in [4.69, 9.17) is 10.5 Å². The molecule has 4 nitrogen and oxygen atoms in total. The Balaban J connectivity index is 2.17. The third-order valence-corrected chi connectivity index (χ3v) is 4.18. The summed E-state index contributed by atoms with van der Waals surface area (Å²) >= 11 is 0. The van der Waals surface area contributed by atoms with Gasteiger partial charge < -0.3 is 10.5 Å². The molecule has 1 heterocycles. The van der Waals surface area contributed by atoms with E-state index in [0.717, 1.165) is 24.8 Å². The second-order valence-corrected chi connectivity index (χ2v) is 5.80. The molecule has 20 heavy (non-hydrogen) atoms. The molecule has 4 heteroatoms. The summed E-state index contributed by atoms with van der Waals surface area (Å²) < 4.78 is 5.90. The maximum Gasteiger partial charge on any atom is 0.169 e. The van der Waals surface area contributed by atoms with E-state index in [1.807, 2.05) is 6.92 Å². The molecule has 1 aromatic heterocycles. The Morgan fingerprint density at radius 3 is 3.05 bits per heavy atom. The highest BCUT2D eigenvalue weighted by Gasteiger charge is 2.42. The van der Waals surface area contributed by atoms with Crippen LogP contribution < -0.4 is 5.73 Å². The van der Waals surface area contributed by atoms with Crippen molar-refractivity contribution in [3.63, 3.8) is 0 Å². The van der Waals surface area contributed by atoms with E-state index in [2.05, 4.69) is 11.9 Å². The smallest absolute Gasteiger partial charge is 0.169 e. The number of ketones is 1. The number of aromatic nitrogens is 1. The fraction of sp³-hybridized carbons (Fsp3) is 0.625. The normalized spacial score (nSPS) is 26.4. The van der Waals surface area contributed by atoms with Crippen LogP contribution in [-0.4, -0.2) is 23.0 Å². The average molecular weight is 276 g/mol. The fourth-order valence-corrected chi connectivity index (χ4v) is 3.16. The quantitative estimate of drug-likeness (QED) is 0.898. The Morgan fingerprint density at radius 1 is 1.60 bits per heavy atom. The molecule has 1 aromatic rings. The van der Waals surface area contributed by atoms with Crippen LogP contribution in [0.1, 0.15) is 45.1 Å². The summed E-state index contributed by atoms with van der Waals surface area (Å²) in [6.45, 7) is 4.71. The summed E-state index contributed by atoms with van der Waals surface area (Å²) in [5, 5.41) is 0. The molecular weight excluding hydrogens is 252 g/mol. The zero-order chi connectivity index (χ0) is 14.6. The van der Waals surface area contributed by atoms with Gasteiger partial charge in [-0.25, -0.2) is 0 Å². The number of anilines is 1. The maximum absolute atomic E-state index is 12.8. The predicted octanol–water partition coefficient (Wildman–Crippen LogP) is 2.76. The van der Waals surface area contributed by atoms with Gasteiger partial charge in [-0.05, 0) is 38.2 Å². The SMILES string of the molecule is CCOC1(C(=O)Cc2cnccc2N)CCCC(C)C1. The summed E-state index contributed by atoms with van der Waals surface area (Å²) in [5.74, 6) is 0.677. The first-order valence-corrected chi connectivity index (χ1v) is 7.43. The minimum atomic E-state index is -0.616. The summed E-state index contributed by atoms with van der Waals surface area (Å²) in [4.78, 5) is 16.8. The Hall–Kier alpha value is -1.42. The van der Waals surface area contributed by atoms with Gasteiger partial charge in [-0.1, -0.05) is 13.3 Å². The van der Waals surface area contributed by atoms with Gasteiger partial charge in [-0.2, -0.15) is 0 Å². The second kappa shape index (κ2) is 6.35. The van der Waals surface area contributed by atoms with Gasteiger partial charge in [0.05, 0.1) is 0 Å². The number of Topliss-reactive ketones (excluding diaryl/α,β-unsaturated/α-hetero) is 1. The number of hydrogen-bond donors (Lipinski definition) is 1. The molecule has 2 N–H and O–H groups in total. The first-order chi connectivity index (χ1) is 9.57. The molecule has 1 saturated carbocycles. The number of carbonyl (C=O) groups is 1. The zero-order valence-electron chi connectivity index (χ0n) is 12.4. The van der Waals surface area contributed by atoms with Crippen molar-refractivity contribution < 1.29 is 9.53 Å². The molecule has 0 aliphatic heterocycles. The summed E-state index contributed by atoms with van der Waals surface area (Å²) in [7, 11) is 0. The minimum Gasteiger partial charge on any atom is -0.398 e. The fourth-order valence-electron chi connectivity index (χ4n) is 3.16. The highest BCUT2D eigenvalue weighted by Crippen LogP contribution is 2.37. The zero-order valence-corrected chi connectivity index (χ0v) is 12.4. The Labute approximate surface area is 120 Å². The van der Waals surface area contributed by atoms with Crippen molar-refractivity contribution in [2.45, 2.75) is 51.6 Å². The van der Waals surface area contributed by atoms with Gasteiger partial charge in [-0.3, -0.25) is 9.78 Å². The molecule has 0 spiro atoms. The number of hydrogen-bond acceptors (Lipinski definition) is 4.